The van der Waals surface area contributed by atoms with Crippen molar-refractivity contribution in [2.24, 2.45) is 5.92 Å². The number of anilines is 1. The third-order valence-corrected chi connectivity index (χ3v) is 5.21. The summed E-state index contributed by atoms with van der Waals surface area (Å²) in [6.07, 6.45) is 4.93. The zero-order valence-electron chi connectivity index (χ0n) is 15.6. The summed E-state index contributed by atoms with van der Waals surface area (Å²) < 4.78 is 5.18. The van der Waals surface area contributed by atoms with Crippen molar-refractivity contribution in [3.8, 4) is 5.75 Å². The van der Waals surface area contributed by atoms with Gasteiger partial charge in [0.2, 0.25) is 0 Å². The number of benzene rings is 1. The van der Waals surface area contributed by atoms with E-state index in [1.807, 2.05) is 24.3 Å². The Balaban J connectivity index is 0.00000182. The van der Waals surface area contributed by atoms with Gasteiger partial charge in [-0.3, -0.25) is 0 Å². The summed E-state index contributed by atoms with van der Waals surface area (Å²) in [5, 5.41) is 15.8. The average Bonchev–Trinajstić information content (AvgIpc) is 2.66. The molecule has 0 aromatic heterocycles. The second-order valence-corrected chi connectivity index (χ2v) is 7.04. The predicted molar refractivity (Wildman–Crippen MR) is 113 cm³/mol. The highest BCUT2D eigenvalue weighted by Crippen LogP contribution is 2.23. The highest BCUT2D eigenvalue weighted by Gasteiger charge is 2.21. The summed E-state index contributed by atoms with van der Waals surface area (Å²) in [4.78, 5) is 12.9. The minimum Gasteiger partial charge on any atom is -0.482 e. The number of rotatable bonds is 7. The van der Waals surface area contributed by atoms with E-state index in [0.29, 0.717) is 11.8 Å². The lowest BCUT2D eigenvalue weighted by Gasteiger charge is -2.35. The van der Waals surface area contributed by atoms with E-state index in [9.17, 15) is 4.79 Å². The fourth-order valence-electron chi connectivity index (χ4n) is 3.66. The van der Waals surface area contributed by atoms with Crippen LogP contribution in [-0.4, -0.2) is 56.4 Å². The SMILES string of the molecule is Cl.Cl.O=C(O)COc1ccc(N2CCC(NCC3CCNCC3)CC2)cc1. The zero-order valence-corrected chi connectivity index (χ0v) is 17.2. The van der Waals surface area contributed by atoms with Crippen molar-refractivity contribution in [3.63, 3.8) is 0 Å². The first-order valence-electron chi connectivity index (χ1n) is 9.34. The van der Waals surface area contributed by atoms with Crippen LogP contribution in [0.4, 0.5) is 5.69 Å². The van der Waals surface area contributed by atoms with E-state index in [2.05, 4.69) is 15.5 Å². The van der Waals surface area contributed by atoms with Crippen molar-refractivity contribution in [2.45, 2.75) is 31.7 Å². The molecule has 0 radical (unpaired) electrons. The summed E-state index contributed by atoms with van der Waals surface area (Å²) in [6.45, 7) is 5.29. The number of hydrogen-bond acceptors (Lipinski definition) is 5. The van der Waals surface area contributed by atoms with Crippen molar-refractivity contribution in [1.82, 2.24) is 10.6 Å². The van der Waals surface area contributed by atoms with Gasteiger partial charge in [-0.15, -0.1) is 24.8 Å². The van der Waals surface area contributed by atoms with E-state index >= 15 is 0 Å². The lowest BCUT2D eigenvalue weighted by Crippen LogP contribution is -2.45. The average molecular weight is 420 g/mol. The Labute approximate surface area is 173 Å². The Morgan fingerprint density at radius 1 is 1.11 bits per heavy atom. The number of nitrogens with zero attached hydrogens (tertiary/aromatic N) is 1. The van der Waals surface area contributed by atoms with E-state index in [1.165, 1.54) is 31.4 Å². The van der Waals surface area contributed by atoms with Gasteiger partial charge in [0, 0.05) is 24.8 Å². The molecule has 0 unspecified atom stereocenters. The number of carboxylic acid groups (broad SMARTS) is 1. The monoisotopic (exact) mass is 419 g/mol. The Hall–Kier alpha value is -1.21. The van der Waals surface area contributed by atoms with Crippen LogP contribution >= 0.6 is 24.8 Å². The van der Waals surface area contributed by atoms with Gasteiger partial charge in [-0.1, -0.05) is 0 Å². The van der Waals surface area contributed by atoms with Gasteiger partial charge in [-0.05, 0) is 75.5 Å². The topological polar surface area (TPSA) is 73.8 Å². The van der Waals surface area contributed by atoms with E-state index < -0.39 is 5.97 Å². The number of carboxylic acids is 1. The zero-order chi connectivity index (χ0) is 17.5. The molecule has 2 heterocycles. The quantitative estimate of drug-likeness (QED) is 0.630. The van der Waals surface area contributed by atoms with Gasteiger partial charge in [0.05, 0.1) is 0 Å². The minimum absolute atomic E-state index is 0. The molecule has 0 saturated carbocycles. The molecule has 2 saturated heterocycles. The van der Waals surface area contributed by atoms with Crippen LogP contribution < -0.4 is 20.3 Å². The fraction of sp³-hybridized carbons (Fsp3) is 0.632. The molecule has 0 amide bonds. The molecule has 1 aromatic rings. The second-order valence-electron chi connectivity index (χ2n) is 7.04. The summed E-state index contributed by atoms with van der Waals surface area (Å²) in [6, 6.07) is 8.35. The largest absolute Gasteiger partial charge is 0.482 e. The molecule has 3 rings (SSSR count). The van der Waals surface area contributed by atoms with Crippen molar-refractivity contribution in [1.29, 1.82) is 0 Å². The maximum absolute atomic E-state index is 10.5. The molecule has 6 nitrogen and oxygen atoms in total. The molecular formula is C19H31Cl2N3O3. The maximum atomic E-state index is 10.5. The van der Waals surface area contributed by atoms with E-state index in [-0.39, 0.29) is 31.4 Å². The molecule has 2 fully saturated rings. The molecule has 0 atom stereocenters. The predicted octanol–water partition coefficient (Wildman–Crippen LogP) is 2.55. The minimum atomic E-state index is -0.955. The van der Waals surface area contributed by atoms with Crippen LogP contribution in [0.15, 0.2) is 24.3 Å². The molecule has 3 N–H and O–H groups in total. The summed E-state index contributed by atoms with van der Waals surface area (Å²) >= 11 is 0. The van der Waals surface area contributed by atoms with Gasteiger partial charge in [0.15, 0.2) is 6.61 Å². The summed E-state index contributed by atoms with van der Waals surface area (Å²) in [5.74, 6) is 0.477. The Kier molecular flexibility index (Phi) is 10.8. The molecular weight excluding hydrogens is 389 g/mol. The van der Waals surface area contributed by atoms with Crippen LogP contribution in [0.3, 0.4) is 0 Å². The molecule has 27 heavy (non-hydrogen) atoms. The van der Waals surface area contributed by atoms with Crippen molar-refractivity contribution in [2.75, 3.05) is 44.2 Å². The molecule has 8 heteroatoms. The van der Waals surface area contributed by atoms with Crippen LogP contribution in [0.2, 0.25) is 0 Å². The summed E-state index contributed by atoms with van der Waals surface area (Å²) in [7, 11) is 0. The van der Waals surface area contributed by atoms with Gasteiger partial charge in [-0.25, -0.2) is 4.79 Å². The Morgan fingerprint density at radius 3 is 2.33 bits per heavy atom. The Bertz CT molecular complexity index is 546. The van der Waals surface area contributed by atoms with Crippen LogP contribution in [0.5, 0.6) is 5.75 Å². The third kappa shape index (κ3) is 7.74. The van der Waals surface area contributed by atoms with Crippen molar-refractivity contribution < 1.29 is 14.6 Å². The highest BCUT2D eigenvalue weighted by molar-refractivity contribution is 5.85. The number of piperidine rings is 2. The standard InChI is InChI=1S/C19H29N3O3.2ClH/c23-19(24)14-25-18-3-1-17(2-4-18)22-11-7-16(8-12-22)21-13-15-5-9-20-10-6-15;;/h1-4,15-16,20-21H,5-14H2,(H,23,24);2*1H. The maximum Gasteiger partial charge on any atom is 0.341 e. The van der Waals surface area contributed by atoms with Crippen LogP contribution in [-0.2, 0) is 4.79 Å². The smallest absolute Gasteiger partial charge is 0.341 e. The van der Waals surface area contributed by atoms with Gasteiger partial charge < -0.3 is 25.4 Å². The van der Waals surface area contributed by atoms with E-state index in [1.54, 1.807) is 0 Å². The van der Waals surface area contributed by atoms with Crippen LogP contribution in [0, 0.1) is 5.92 Å². The number of ether oxygens (including phenoxy) is 1. The fourth-order valence-corrected chi connectivity index (χ4v) is 3.66. The second kappa shape index (κ2) is 12.3. The lowest BCUT2D eigenvalue weighted by molar-refractivity contribution is -0.139. The number of nitrogens with one attached hydrogen (secondary N) is 2. The molecule has 1 aromatic carbocycles. The molecule has 0 spiro atoms. The number of halogens is 2. The lowest BCUT2D eigenvalue weighted by atomic mass is 9.96. The third-order valence-electron chi connectivity index (χ3n) is 5.21. The normalized spacial score (nSPS) is 18.3. The van der Waals surface area contributed by atoms with Gasteiger partial charge >= 0.3 is 5.97 Å². The number of aliphatic carboxylic acids is 1. The van der Waals surface area contributed by atoms with Gasteiger partial charge in [-0.2, -0.15) is 0 Å². The number of hydrogen-bond donors (Lipinski definition) is 3. The molecule has 0 bridgehead atoms. The first kappa shape index (κ1) is 23.8. The summed E-state index contributed by atoms with van der Waals surface area (Å²) in [5.41, 5.74) is 1.18. The van der Waals surface area contributed by atoms with Gasteiger partial charge in [0.1, 0.15) is 5.75 Å². The van der Waals surface area contributed by atoms with Crippen molar-refractivity contribution in [3.05, 3.63) is 24.3 Å². The first-order valence-corrected chi connectivity index (χ1v) is 9.34. The van der Waals surface area contributed by atoms with Gasteiger partial charge in [0.25, 0.3) is 0 Å². The number of carbonyl (C=O) groups is 1. The van der Waals surface area contributed by atoms with E-state index in [4.69, 9.17) is 9.84 Å². The molecule has 0 aliphatic carbocycles. The van der Waals surface area contributed by atoms with Crippen LogP contribution in [0.1, 0.15) is 25.7 Å². The van der Waals surface area contributed by atoms with E-state index in [0.717, 1.165) is 38.6 Å². The first-order chi connectivity index (χ1) is 12.2. The van der Waals surface area contributed by atoms with Crippen molar-refractivity contribution >= 4 is 36.5 Å². The van der Waals surface area contributed by atoms with Crippen LogP contribution in [0.25, 0.3) is 0 Å². The highest BCUT2D eigenvalue weighted by atomic mass is 35.5. The molecule has 154 valence electrons. The molecule has 2 aliphatic rings. The Morgan fingerprint density at radius 2 is 1.74 bits per heavy atom. The molecule has 2 aliphatic heterocycles.